The van der Waals surface area contributed by atoms with Crippen molar-refractivity contribution in [1.29, 1.82) is 0 Å². The first kappa shape index (κ1) is 15.3. The molecule has 0 unspecified atom stereocenters. The molecule has 0 fully saturated rings. The highest BCUT2D eigenvalue weighted by molar-refractivity contribution is 5.73. The minimum atomic E-state index is -4.92. The number of nitrogens with zero attached hydrogens (tertiary/aromatic N) is 1. The minimum Gasteiger partial charge on any atom is -0.469 e. The molecule has 8 heteroatoms. The molecule has 0 bridgehead atoms. The number of methoxy groups -OCH3 is 1. The molecule has 0 spiro atoms. The Balaban J connectivity index is 3.39. The summed E-state index contributed by atoms with van der Waals surface area (Å²) in [5.74, 6) is -0.903. The van der Waals surface area contributed by atoms with Gasteiger partial charge in [0.25, 0.3) is 6.43 Å². The van der Waals surface area contributed by atoms with Crippen molar-refractivity contribution >= 4 is 5.97 Å². The van der Waals surface area contributed by atoms with Gasteiger partial charge in [0.1, 0.15) is 11.4 Å². The van der Waals surface area contributed by atoms with Crippen molar-refractivity contribution in [2.24, 2.45) is 0 Å². The molecule has 0 saturated carbocycles. The Labute approximate surface area is 105 Å². The highest BCUT2D eigenvalue weighted by atomic mass is 19.4. The maximum absolute atomic E-state index is 12.8. The van der Waals surface area contributed by atoms with Gasteiger partial charge in [-0.1, -0.05) is 0 Å². The molecule has 19 heavy (non-hydrogen) atoms. The molecule has 1 aromatic heterocycles. The van der Waals surface area contributed by atoms with Crippen molar-refractivity contribution in [2.75, 3.05) is 7.11 Å². The number of ether oxygens (including phenoxy) is 1. The number of aromatic nitrogens is 1. The Bertz CT molecular complexity index is 485. The molecule has 3 nitrogen and oxygen atoms in total. The van der Waals surface area contributed by atoms with Crippen LogP contribution in [0.2, 0.25) is 0 Å². The summed E-state index contributed by atoms with van der Waals surface area (Å²) in [6.07, 6.45) is -8.71. The minimum absolute atomic E-state index is 0.0805. The third-order valence-electron chi connectivity index (χ3n) is 2.41. The molecule has 1 rings (SSSR count). The Morgan fingerprint density at radius 3 is 2.42 bits per heavy atom. The van der Waals surface area contributed by atoms with Crippen LogP contribution in [0, 0.1) is 6.92 Å². The van der Waals surface area contributed by atoms with Gasteiger partial charge in [0, 0.05) is 0 Å². The lowest BCUT2D eigenvalue weighted by Crippen LogP contribution is -2.18. The van der Waals surface area contributed by atoms with Gasteiger partial charge in [0.05, 0.1) is 13.5 Å². The molecule has 0 aliphatic heterocycles. The van der Waals surface area contributed by atoms with Crippen molar-refractivity contribution in [1.82, 2.24) is 4.98 Å². The van der Waals surface area contributed by atoms with E-state index in [1.165, 1.54) is 6.92 Å². The number of carbonyl (C=O) groups excluding carboxylic acids is 1. The maximum atomic E-state index is 12.8. The average Bonchev–Trinajstić information content (AvgIpc) is 2.29. The van der Waals surface area contributed by atoms with E-state index in [-0.39, 0.29) is 5.56 Å². The highest BCUT2D eigenvalue weighted by Crippen LogP contribution is 2.34. The van der Waals surface area contributed by atoms with E-state index < -0.39 is 41.9 Å². The number of alkyl halides is 5. The van der Waals surface area contributed by atoms with Gasteiger partial charge in [-0.05, 0) is 24.1 Å². The zero-order valence-electron chi connectivity index (χ0n) is 10.0. The van der Waals surface area contributed by atoms with Gasteiger partial charge in [-0.2, -0.15) is 13.2 Å². The second kappa shape index (κ2) is 5.50. The monoisotopic (exact) mass is 283 g/mol. The molecule has 106 valence electrons. The number of carbonyl (C=O) groups is 1. The lowest BCUT2D eigenvalue weighted by molar-refractivity contribution is -0.143. The van der Waals surface area contributed by atoms with Crippen LogP contribution in [0.1, 0.15) is 28.9 Å². The summed E-state index contributed by atoms with van der Waals surface area (Å²) in [7, 11) is 1.02. The molecule has 0 N–H and O–H groups in total. The van der Waals surface area contributed by atoms with Crippen LogP contribution < -0.4 is 0 Å². The van der Waals surface area contributed by atoms with Crippen LogP contribution in [-0.4, -0.2) is 18.1 Å². The lowest BCUT2D eigenvalue weighted by Gasteiger charge is -2.15. The second-order valence-corrected chi connectivity index (χ2v) is 3.74. The van der Waals surface area contributed by atoms with Gasteiger partial charge in [0.2, 0.25) is 0 Å². The second-order valence-electron chi connectivity index (χ2n) is 3.74. The Kier molecular flexibility index (Phi) is 4.43. The molecule has 0 radical (unpaired) electrons. The standard InChI is InChI=1S/C11H10F5NO2/c1-5-3-7(10(12)13)17-9(11(14,15)16)6(5)4-8(18)19-2/h3,10H,4H2,1-2H3. The smallest absolute Gasteiger partial charge is 0.433 e. The zero-order valence-corrected chi connectivity index (χ0v) is 10.0. The summed E-state index contributed by atoms with van der Waals surface area (Å²) in [6.45, 7) is 1.21. The van der Waals surface area contributed by atoms with Crippen molar-refractivity contribution in [3.63, 3.8) is 0 Å². The number of aryl methyl sites for hydroxylation is 1. The number of halogens is 5. The van der Waals surface area contributed by atoms with E-state index in [0.717, 1.165) is 13.2 Å². The molecule has 0 aliphatic rings. The van der Waals surface area contributed by atoms with Gasteiger partial charge in [-0.3, -0.25) is 4.79 Å². The van der Waals surface area contributed by atoms with Crippen molar-refractivity contribution in [3.8, 4) is 0 Å². The van der Waals surface area contributed by atoms with Crippen LogP contribution in [0.5, 0.6) is 0 Å². The molecular weight excluding hydrogens is 273 g/mol. The third kappa shape index (κ3) is 3.62. The molecular formula is C11H10F5NO2. The van der Waals surface area contributed by atoms with Crippen LogP contribution in [-0.2, 0) is 22.1 Å². The molecule has 0 aromatic carbocycles. The number of pyridine rings is 1. The number of hydrogen-bond acceptors (Lipinski definition) is 3. The average molecular weight is 283 g/mol. The van der Waals surface area contributed by atoms with E-state index in [0.29, 0.717) is 0 Å². The van der Waals surface area contributed by atoms with Crippen LogP contribution in [0.15, 0.2) is 6.07 Å². The number of rotatable bonds is 3. The summed E-state index contributed by atoms with van der Waals surface area (Å²) < 4.78 is 67.5. The van der Waals surface area contributed by atoms with E-state index >= 15 is 0 Å². The van der Waals surface area contributed by atoms with Crippen LogP contribution in [0.4, 0.5) is 22.0 Å². The summed E-state index contributed by atoms with van der Waals surface area (Å²) in [4.78, 5) is 14.0. The fourth-order valence-electron chi connectivity index (χ4n) is 1.51. The SMILES string of the molecule is COC(=O)Cc1c(C)cc(C(F)F)nc1C(F)(F)F. The first-order chi connectivity index (χ1) is 8.66. The zero-order chi connectivity index (χ0) is 14.8. The van der Waals surface area contributed by atoms with E-state index in [2.05, 4.69) is 9.72 Å². The van der Waals surface area contributed by atoms with E-state index in [1.807, 2.05) is 0 Å². The summed E-state index contributed by atoms with van der Waals surface area (Å²) in [5.41, 5.74) is -2.99. The predicted octanol–water partition coefficient (Wildman–Crippen LogP) is 3.06. The quantitative estimate of drug-likeness (QED) is 0.632. The molecule has 0 atom stereocenters. The molecule has 1 heterocycles. The molecule has 0 amide bonds. The highest BCUT2D eigenvalue weighted by Gasteiger charge is 2.37. The largest absolute Gasteiger partial charge is 0.469 e. The van der Waals surface area contributed by atoms with E-state index in [1.54, 1.807) is 0 Å². The Hall–Kier alpha value is -1.73. The van der Waals surface area contributed by atoms with Crippen molar-refractivity contribution in [2.45, 2.75) is 25.9 Å². The molecule has 0 aliphatic carbocycles. The normalized spacial score (nSPS) is 11.8. The van der Waals surface area contributed by atoms with Crippen LogP contribution >= 0.6 is 0 Å². The summed E-state index contributed by atoms with van der Waals surface area (Å²) in [5, 5.41) is 0. The van der Waals surface area contributed by atoms with Gasteiger partial charge in [0.15, 0.2) is 0 Å². The van der Waals surface area contributed by atoms with E-state index in [4.69, 9.17) is 0 Å². The predicted molar refractivity (Wildman–Crippen MR) is 54.7 cm³/mol. The van der Waals surface area contributed by atoms with Crippen molar-refractivity contribution < 1.29 is 31.5 Å². The Morgan fingerprint density at radius 2 is 2.00 bits per heavy atom. The van der Waals surface area contributed by atoms with Gasteiger partial charge in [-0.25, -0.2) is 13.8 Å². The Morgan fingerprint density at radius 1 is 1.42 bits per heavy atom. The third-order valence-corrected chi connectivity index (χ3v) is 2.41. The summed E-state index contributed by atoms with van der Waals surface area (Å²) in [6, 6.07) is 0.832. The maximum Gasteiger partial charge on any atom is 0.433 e. The topological polar surface area (TPSA) is 39.2 Å². The summed E-state index contributed by atoms with van der Waals surface area (Å²) >= 11 is 0. The van der Waals surface area contributed by atoms with Gasteiger partial charge < -0.3 is 4.74 Å². The lowest BCUT2D eigenvalue weighted by atomic mass is 10.0. The fourth-order valence-corrected chi connectivity index (χ4v) is 1.51. The van der Waals surface area contributed by atoms with Crippen molar-refractivity contribution in [3.05, 3.63) is 28.6 Å². The number of esters is 1. The van der Waals surface area contributed by atoms with Gasteiger partial charge >= 0.3 is 12.1 Å². The number of hydrogen-bond donors (Lipinski definition) is 0. The first-order valence-corrected chi connectivity index (χ1v) is 5.09. The van der Waals surface area contributed by atoms with Gasteiger partial charge in [-0.15, -0.1) is 0 Å². The van der Waals surface area contributed by atoms with E-state index in [9.17, 15) is 26.7 Å². The molecule has 1 aromatic rings. The molecule has 0 saturated heterocycles. The van der Waals surface area contributed by atoms with Crippen LogP contribution in [0.3, 0.4) is 0 Å². The fraction of sp³-hybridized carbons (Fsp3) is 0.455. The first-order valence-electron chi connectivity index (χ1n) is 5.09. The van der Waals surface area contributed by atoms with Crippen LogP contribution in [0.25, 0.3) is 0 Å².